The molecule has 4 rings (SSSR count). The molecule has 13 heteroatoms. The van der Waals surface area contributed by atoms with Crippen molar-refractivity contribution in [3.63, 3.8) is 0 Å². The van der Waals surface area contributed by atoms with Gasteiger partial charge in [0.2, 0.25) is 35.4 Å². The zero-order valence-electron chi connectivity index (χ0n) is 28.5. The van der Waals surface area contributed by atoms with Crippen molar-refractivity contribution in [3.05, 3.63) is 65.7 Å². The Morgan fingerprint density at radius 3 is 2.00 bits per heavy atom. The van der Waals surface area contributed by atoms with Crippen LogP contribution in [0.1, 0.15) is 58.1 Å². The summed E-state index contributed by atoms with van der Waals surface area (Å²) in [4.78, 5) is 83.6. The van der Waals surface area contributed by atoms with Gasteiger partial charge in [0.1, 0.15) is 36.0 Å². The molecular formula is C36H48N6O7. The number of hydrogen-bond acceptors (Lipinski definition) is 7. The first kappa shape index (κ1) is 36.9. The van der Waals surface area contributed by atoms with E-state index in [1.54, 1.807) is 32.9 Å². The summed E-state index contributed by atoms with van der Waals surface area (Å²) >= 11 is 0. The minimum absolute atomic E-state index is 0.0170. The molecule has 0 saturated carbocycles. The molecule has 6 N–H and O–H groups in total. The lowest BCUT2D eigenvalue weighted by atomic mass is 9.96. The van der Waals surface area contributed by atoms with E-state index in [4.69, 9.17) is 0 Å². The van der Waals surface area contributed by atoms with E-state index in [1.165, 1.54) is 17.0 Å². The van der Waals surface area contributed by atoms with Gasteiger partial charge in [0.25, 0.3) is 0 Å². The average Bonchev–Trinajstić information content (AvgIpc) is 3.58. The van der Waals surface area contributed by atoms with E-state index in [2.05, 4.69) is 26.6 Å². The van der Waals surface area contributed by atoms with Gasteiger partial charge in [-0.05, 0) is 47.9 Å². The third kappa shape index (κ3) is 9.80. The van der Waals surface area contributed by atoms with Gasteiger partial charge in [-0.15, -0.1) is 0 Å². The van der Waals surface area contributed by atoms with Crippen LogP contribution in [-0.4, -0.2) is 88.7 Å². The van der Waals surface area contributed by atoms with Gasteiger partial charge >= 0.3 is 0 Å². The van der Waals surface area contributed by atoms with Gasteiger partial charge in [0.15, 0.2) is 0 Å². The highest BCUT2D eigenvalue weighted by atomic mass is 16.3. The number of hydrogen-bond donors (Lipinski definition) is 6. The molecule has 2 aliphatic heterocycles. The third-order valence-electron chi connectivity index (χ3n) is 9.23. The fourth-order valence-corrected chi connectivity index (χ4v) is 6.15. The van der Waals surface area contributed by atoms with Crippen LogP contribution in [0.2, 0.25) is 0 Å². The second kappa shape index (κ2) is 16.9. The summed E-state index contributed by atoms with van der Waals surface area (Å²) in [5.41, 5.74) is 1.41. The summed E-state index contributed by atoms with van der Waals surface area (Å²) < 4.78 is 0. The first-order valence-electron chi connectivity index (χ1n) is 17.0. The molecule has 2 heterocycles. The molecule has 2 aliphatic rings. The van der Waals surface area contributed by atoms with Crippen LogP contribution in [-0.2, 0) is 41.6 Å². The zero-order chi connectivity index (χ0) is 35.7. The predicted octanol–water partition coefficient (Wildman–Crippen LogP) is 0.940. The van der Waals surface area contributed by atoms with E-state index in [9.17, 15) is 33.9 Å². The Morgan fingerprint density at radius 1 is 0.735 bits per heavy atom. The second-order valence-corrected chi connectivity index (χ2v) is 13.3. The first-order valence-corrected chi connectivity index (χ1v) is 17.0. The Bertz CT molecular complexity index is 1500. The molecule has 2 aromatic rings. The summed E-state index contributed by atoms with van der Waals surface area (Å²) in [5.74, 6) is -4.04. The fraction of sp³-hybridized carbons (Fsp3) is 0.500. The van der Waals surface area contributed by atoms with Crippen LogP contribution in [0.3, 0.4) is 0 Å². The number of fused-ring (bicyclic) bond motifs is 1. The normalized spacial score (nSPS) is 25.2. The van der Waals surface area contributed by atoms with Gasteiger partial charge in [0.05, 0.1) is 6.54 Å². The molecule has 13 nitrogen and oxygen atoms in total. The Hall–Kier alpha value is -4.94. The number of phenols is 1. The number of benzene rings is 2. The number of phenolic OH excluding ortho intramolecular Hbond substituents is 1. The Labute approximate surface area is 287 Å². The van der Waals surface area contributed by atoms with Crippen LogP contribution in [0.25, 0.3) is 0 Å². The number of nitrogens with zero attached hydrogens (tertiary/aromatic N) is 1. The highest BCUT2D eigenvalue weighted by molar-refractivity contribution is 5.98. The highest BCUT2D eigenvalue weighted by Gasteiger charge is 2.39. The van der Waals surface area contributed by atoms with Crippen molar-refractivity contribution < 1.29 is 33.9 Å². The van der Waals surface area contributed by atoms with Crippen molar-refractivity contribution >= 4 is 35.4 Å². The molecule has 49 heavy (non-hydrogen) atoms. The van der Waals surface area contributed by atoms with Crippen LogP contribution < -0.4 is 26.6 Å². The maximum absolute atomic E-state index is 14.2. The lowest BCUT2D eigenvalue weighted by Gasteiger charge is -2.31. The van der Waals surface area contributed by atoms with E-state index in [0.717, 1.165) is 5.56 Å². The third-order valence-corrected chi connectivity index (χ3v) is 9.23. The minimum Gasteiger partial charge on any atom is -0.508 e. The predicted molar refractivity (Wildman–Crippen MR) is 182 cm³/mol. The van der Waals surface area contributed by atoms with Crippen LogP contribution in [0.15, 0.2) is 54.6 Å². The molecule has 2 fully saturated rings. The van der Waals surface area contributed by atoms with Crippen molar-refractivity contribution in [1.82, 2.24) is 31.5 Å². The zero-order valence-corrected chi connectivity index (χ0v) is 28.5. The number of carbonyl (C=O) groups excluding carboxylic acids is 6. The lowest BCUT2D eigenvalue weighted by molar-refractivity contribution is -0.142. The van der Waals surface area contributed by atoms with Gasteiger partial charge in [0, 0.05) is 19.4 Å². The first-order chi connectivity index (χ1) is 23.4. The molecule has 2 aromatic carbocycles. The standard InChI is InChI=1S/C36H48N6O7/c1-5-22(4)31-35(48)41-30(21(2)3)34(47)38-26(18-24-13-15-25(43)16-14-24)32(45)39-27(19-23-10-7-6-8-11-23)36(49)42-17-9-12-28(42)33(46)37-20-29(44)40-31/h6-8,10-11,13-16,21-22,26-28,30-31,43H,5,9,12,17-20H2,1-4H3,(H,37,46)(H,38,47)(H,39,45)(H,40,44)(H,41,48)/t22?,26-,27-,28-,30-,31-/m0/s1. The molecular weight excluding hydrogens is 628 g/mol. The number of carbonyl (C=O) groups is 6. The summed E-state index contributed by atoms with van der Waals surface area (Å²) in [6, 6.07) is 10.1. The molecule has 0 bridgehead atoms. The second-order valence-electron chi connectivity index (χ2n) is 13.3. The molecule has 0 radical (unpaired) electrons. The molecule has 0 aliphatic carbocycles. The van der Waals surface area contributed by atoms with E-state index in [-0.39, 0.29) is 31.1 Å². The average molecular weight is 677 g/mol. The maximum Gasteiger partial charge on any atom is 0.246 e. The molecule has 0 spiro atoms. The molecule has 1 unspecified atom stereocenters. The number of rotatable bonds is 7. The van der Waals surface area contributed by atoms with E-state index in [1.807, 2.05) is 37.3 Å². The van der Waals surface area contributed by atoms with Gasteiger partial charge < -0.3 is 36.6 Å². The lowest BCUT2D eigenvalue weighted by Crippen LogP contribution is -2.62. The van der Waals surface area contributed by atoms with Crippen molar-refractivity contribution in [1.29, 1.82) is 0 Å². The topological polar surface area (TPSA) is 186 Å². The fourth-order valence-electron chi connectivity index (χ4n) is 6.15. The van der Waals surface area contributed by atoms with E-state index >= 15 is 0 Å². The SMILES string of the molecule is CCC(C)[C@@H]1NC(=O)CNC(=O)[C@@H]2CCCN2C(=O)[C@H](Cc2ccccc2)NC(=O)[C@H](Cc2ccc(O)cc2)NC(=O)[C@H](C(C)C)NC1=O. The molecule has 6 atom stereocenters. The number of nitrogens with one attached hydrogen (secondary N) is 5. The van der Waals surface area contributed by atoms with Gasteiger partial charge in [-0.25, -0.2) is 0 Å². The largest absolute Gasteiger partial charge is 0.508 e. The summed E-state index contributed by atoms with van der Waals surface area (Å²) in [5, 5.41) is 23.6. The van der Waals surface area contributed by atoms with E-state index < -0.39 is 78.1 Å². The molecule has 0 aromatic heterocycles. The van der Waals surface area contributed by atoms with Crippen molar-refractivity contribution in [2.24, 2.45) is 11.8 Å². The van der Waals surface area contributed by atoms with Gasteiger partial charge in [-0.3, -0.25) is 28.8 Å². The van der Waals surface area contributed by atoms with Gasteiger partial charge in [-0.1, -0.05) is 76.6 Å². The van der Waals surface area contributed by atoms with Crippen LogP contribution in [0, 0.1) is 11.8 Å². The van der Waals surface area contributed by atoms with Crippen molar-refractivity contribution in [3.8, 4) is 5.75 Å². The van der Waals surface area contributed by atoms with Crippen molar-refractivity contribution in [2.75, 3.05) is 13.1 Å². The Morgan fingerprint density at radius 2 is 1.35 bits per heavy atom. The van der Waals surface area contributed by atoms with Crippen molar-refractivity contribution in [2.45, 2.75) is 90.0 Å². The van der Waals surface area contributed by atoms with E-state index in [0.29, 0.717) is 24.8 Å². The molecule has 2 saturated heterocycles. The number of amides is 6. The monoisotopic (exact) mass is 676 g/mol. The van der Waals surface area contributed by atoms with Gasteiger partial charge in [-0.2, -0.15) is 0 Å². The summed E-state index contributed by atoms with van der Waals surface area (Å²) in [6.07, 6.45) is 1.61. The molecule has 264 valence electrons. The Balaban J connectivity index is 1.74. The smallest absolute Gasteiger partial charge is 0.246 e. The van der Waals surface area contributed by atoms with Crippen LogP contribution in [0.5, 0.6) is 5.75 Å². The quantitative estimate of drug-likeness (QED) is 0.252. The minimum atomic E-state index is -1.18. The number of aromatic hydroxyl groups is 1. The van der Waals surface area contributed by atoms with Crippen LogP contribution >= 0.6 is 0 Å². The Kier molecular flexibility index (Phi) is 12.8. The molecule has 6 amide bonds. The summed E-state index contributed by atoms with van der Waals surface area (Å²) in [6.45, 7) is 7.04. The summed E-state index contributed by atoms with van der Waals surface area (Å²) in [7, 11) is 0. The maximum atomic E-state index is 14.2. The van der Waals surface area contributed by atoms with Crippen LogP contribution in [0.4, 0.5) is 0 Å². The highest BCUT2D eigenvalue weighted by Crippen LogP contribution is 2.21.